The summed E-state index contributed by atoms with van der Waals surface area (Å²) in [4.78, 5) is 10.8. The molecule has 100 valence electrons. The van der Waals surface area contributed by atoms with Gasteiger partial charge in [0.15, 0.2) is 0 Å². The van der Waals surface area contributed by atoms with Gasteiger partial charge in [0.25, 0.3) is 0 Å². The topological polar surface area (TPSA) is 61.4 Å². The van der Waals surface area contributed by atoms with E-state index < -0.39 is 6.09 Å². The number of aryl methyl sites for hydroxylation is 1. The Labute approximate surface area is 108 Å². The number of rotatable bonds is 4. The number of nitrogens with one attached hydrogen (secondary N) is 2. The van der Waals surface area contributed by atoms with Crippen molar-refractivity contribution < 1.29 is 9.90 Å². The van der Waals surface area contributed by atoms with E-state index in [0.29, 0.717) is 6.54 Å². The van der Waals surface area contributed by atoms with Crippen molar-refractivity contribution in [3.05, 3.63) is 29.8 Å². The third kappa shape index (κ3) is 4.28. The molecule has 1 atom stereocenters. The van der Waals surface area contributed by atoms with Gasteiger partial charge in [-0.1, -0.05) is 39.0 Å². The molecule has 18 heavy (non-hydrogen) atoms. The van der Waals surface area contributed by atoms with Crippen LogP contribution in [0.3, 0.4) is 0 Å². The Balaban J connectivity index is 2.68. The Hall–Kier alpha value is -1.71. The number of hydrogen-bond acceptors (Lipinski definition) is 2. The van der Waals surface area contributed by atoms with Crippen LogP contribution in [0.4, 0.5) is 10.5 Å². The Morgan fingerprint density at radius 2 is 1.94 bits per heavy atom. The summed E-state index contributed by atoms with van der Waals surface area (Å²) in [7, 11) is 0. The first-order chi connectivity index (χ1) is 8.30. The maximum Gasteiger partial charge on any atom is 0.404 e. The standard InChI is InChI=1S/C14H22N2O2/c1-10-7-5-6-8-11(10)15-9-12(14(2,3)4)16-13(17)18/h5-8,12,15-16H,9H2,1-4H3,(H,17,18). The molecule has 4 heteroatoms. The predicted octanol–water partition coefficient (Wildman–Crippen LogP) is 3.09. The number of para-hydroxylation sites is 1. The molecule has 0 radical (unpaired) electrons. The molecule has 0 fully saturated rings. The summed E-state index contributed by atoms with van der Waals surface area (Å²) >= 11 is 0. The summed E-state index contributed by atoms with van der Waals surface area (Å²) in [5.74, 6) is 0. The fourth-order valence-electron chi connectivity index (χ4n) is 1.71. The zero-order valence-corrected chi connectivity index (χ0v) is 11.4. The van der Waals surface area contributed by atoms with E-state index in [1.54, 1.807) is 0 Å². The number of amides is 1. The first kappa shape index (κ1) is 14.4. The molecule has 1 rings (SSSR count). The minimum atomic E-state index is -0.985. The lowest BCUT2D eigenvalue weighted by Gasteiger charge is -2.31. The molecule has 0 bridgehead atoms. The fraction of sp³-hybridized carbons (Fsp3) is 0.500. The van der Waals surface area contributed by atoms with Crippen molar-refractivity contribution in [2.45, 2.75) is 33.7 Å². The third-order valence-electron chi connectivity index (χ3n) is 2.98. The van der Waals surface area contributed by atoms with E-state index in [0.717, 1.165) is 11.3 Å². The van der Waals surface area contributed by atoms with Crippen molar-refractivity contribution in [2.75, 3.05) is 11.9 Å². The number of hydrogen-bond donors (Lipinski definition) is 3. The Bertz CT molecular complexity index is 411. The van der Waals surface area contributed by atoms with Crippen LogP contribution in [0.25, 0.3) is 0 Å². The predicted molar refractivity (Wildman–Crippen MR) is 74.1 cm³/mol. The molecule has 0 aliphatic carbocycles. The van der Waals surface area contributed by atoms with Crippen LogP contribution in [0.15, 0.2) is 24.3 Å². The SMILES string of the molecule is Cc1ccccc1NCC(NC(=O)O)C(C)(C)C. The Morgan fingerprint density at radius 3 is 2.44 bits per heavy atom. The van der Waals surface area contributed by atoms with E-state index in [4.69, 9.17) is 5.11 Å². The lowest BCUT2D eigenvalue weighted by molar-refractivity contribution is 0.177. The van der Waals surface area contributed by atoms with Crippen LogP contribution in [0.1, 0.15) is 26.3 Å². The van der Waals surface area contributed by atoms with Crippen LogP contribution in [-0.4, -0.2) is 23.8 Å². The molecule has 0 saturated carbocycles. The van der Waals surface area contributed by atoms with E-state index in [1.165, 1.54) is 0 Å². The average Bonchev–Trinajstić information content (AvgIpc) is 2.24. The minimum absolute atomic E-state index is 0.131. The molecule has 0 aromatic heterocycles. The van der Waals surface area contributed by atoms with Gasteiger partial charge < -0.3 is 15.7 Å². The second kappa shape index (κ2) is 5.76. The van der Waals surface area contributed by atoms with Gasteiger partial charge in [0, 0.05) is 12.2 Å². The normalized spacial score (nSPS) is 12.9. The van der Waals surface area contributed by atoms with Crippen LogP contribution >= 0.6 is 0 Å². The van der Waals surface area contributed by atoms with Gasteiger partial charge in [0.05, 0.1) is 6.04 Å². The number of anilines is 1. The van der Waals surface area contributed by atoms with E-state index in [2.05, 4.69) is 10.6 Å². The summed E-state index contributed by atoms with van der Waals surface area (Å²) in [6, 6.07) is 7.83. The Morgan fingerprint density at radius 1 is 1.33 bits per heavy atom. The van der Waals surface area contributed by atoms with Crippen LogP contribution < -0.4 is 10.6 Å². The van der Waals surface area contributed by atoms with Crippen molar-refractivity contribution in [1.29, 1.82) is 0 Å². The molecule has 1 aromatic rings. The highest BCUT2D eigenvalue weighted by Crippen LogP contribution is 2.21. The largest absolute Gasteiger partial charge is 0.465 e. The van der Waals surface area contributed by atoms with Crippen molar-refractivity contribution in [3.63, 3.8) is 0 Å². The summed E-state index contributed by atoms with van der Waals surface area (Å²) < 4.78 is 0. The molecule has 0 saturated heterocycles. The lowest BCUT2D eigenvalue weighted by atomic mass is 9.86. The molecule has 0 aliphatic heterocycles. The molecule has 0 spiro atoms. The van der Waals surface area contributed by atoms with Gasteiger partial charge in [-0.2, -0.15) is 0 Å². The molecule has 0 aliphatic rings. The van der Waals surface area contributed by atoms with Crippen molar-refractivity contribution in [2.24, 2.45) is 5.41 Å². The highest BCUT2D eigenvalue weighted by molar-refractivity contribution is 5.65. The maximum absolute atomic E-state index is 10.8. The van der Waals surface area contributed by atoms with Crippen molar-refractivity contribution in [3.8, 4) is 0 Å². The second-order valence-electron chi connectivity index (χ2n) is 5.56. The summed E-state index contributed by atoms with van der Waals surface area (Å²) in [5.41, 5.74) is 2.06. The van der Waals surface area contributed by atoms with Gasteiger partial charge in [-0.15, -0.1) is 0 Å². The third-order valence-corrected chi connectivity index (χ3v) is 2.98. The Kier molecular flexibility index (Phi) is 4.59. The van der Waals surface area contributed by atoms with Crippen molar-refractivity contribution in [1.82, 2.24) is 5.32 Å². The van der Waals surface area contributed by atoms with Crippen LogP contribution in [0.5, 0.6) is 0 Å². The van der Waals surface area contributed by atoms with Crippen LogP contribution in [0, 0.1) is 12.3 Å². The molecule has 3 N–H and O–H groups in total. The smallest absolute Gasteiger partial charge is 0.404 e. The second-order valence-corrected chi connectivity index (χ2v) is 5.56. The van der Waals surface area contributed by atoms with Crippen LogP contribution in [0.2, 0.25) is 0 Å². The van der Waals surface area contributed by atoms with Crippen LogP contribution in [-0.2, 0) is 0 Å². The quantitative estimate of drug-likeness (QED) is 0.769. The maximum atomic E-state index is 10.8. The van der Waals surface area contributed by atoms with Gasteiger partial charge in [-0.25, -0.2) is 4.79 Å². The summed E-state index contributed by atoms with van der Waals surface area (Å²) in [6.07, 6.45) is -0.985. The van der Waals surface area contributed by atoms with Gasteiger partial charge in [-0.05, 0) is 24.0 Å². The molecular formula is C14H22N2O2. The highest BCUT2D eigenvalue weighted by atomic mass is 16.4. The molecular weight excluding hydrogens is 228 g/mol. The van der Waals surface area contributed by atoms with Gasteiger partial charge in [0.1, 0.15) is 0 Å². The monoisotopic (exact) mass is 250 g/mol. The molecule has 1 aromatic carbocycles. The van der Waals surface area contributed by atoms with E-state index >= 15 is 0 Å². The first-order valence-corrected chi connectivity index (χ1v) is 6.09. The number of benzene rings is 1. The molecule has 1 amide bonds. The first-order valence-electron chi connectivity index (χ1n) is 6.09. The van der Waals surface area contributed by atoms with Gasteiger partial charge >= 0.3 is 6.09 Å². The lowest BCUT2D eigenvalue weighted by Crippen LogP contribution is -2.47. The zero-order chi connectivity index (χ0) is 13.8. The van der Waals surface area contributed by atoms with E-state index in [9.17, 15) is 4.79 Å². The number of carbonyl (C=O) groups is 1. The molecule has 0 heterocycles. The zero-order valence-electron chi connectivity index (χ0n) is 11.4. The van der Waals surface area contributed by atoms with E-state index in [1.807, 2.05) is 52.0 Å². The summed E-state index contributed by atoms with van der Waals surface area (Å²) in [6.45, 7) is 8.66. The fourth-order valence-corrected chi connectivity index (χ4v) is 1.71. The number of carboxylic acid groups (broad SMARTS) is 1. The molecule has 1 unspecified atom stereocenters. The molecule has 4 nitrogen and oxygen atoms in total. The average molecular weight is 250 g/mol. The van der Waals surface area contributed by atoms with Gasteiger partial charge in [-0.3, -0.25) is 0 Å². The van der Waals surface area contributed by atoms with Gasteiger partial charge in [0.2, 0.25) is 0 Å². The van der Waals surface area contributed by atoms with E-state index in [-0.39, 0.29) is 11.5 Å². The highest BCUT2D eigenvalue weighted by Gasteiger charge is 2.25. The minimum Gasteiger partial charge on any atom is -0.465 e. The summed E-state index contributed by atoms with van der Waals surface area (Å²) in [5, 5.41) is 14.7. The van der Waals surface area contributed by atoms with Crippen molar-refractivity contribution >= 4 is 11.8 Å².